The van der Waals surface area contributed by atoms with Gasteiger partial charge in [-0.3, -0.25) is 19.4 Å². The number of anilines is 2. The Hall–Kier alpha value is -5.31. The molecule has 2 heterocycles. The van der Waals surface area contributed by atoms with E-state index in [2.05, 4.69) is 52.6 Å². The molecule has 12 nitrogen and oxygen atoms in total. The van der Waals surface area contributed by atoms with Gasteiger partial charge in [0.25, 0.3) is 11.8 Å². The zero-order valence-corrected chi connectivity index (χ0v) is 36.8. The molecule has 1 atom stereocenters. The van der Waals surface area contributed by atoms with Gasteiger partial charge in [0.2, 0.25) is 0 Å². The topological polar surface area (TPSA) is 141 Å². The lowest BCUT2D eigenvalue weighted by atomic mass is 9.87. The number of aromatic nitrogens is 2. The standard InChI is InChI=1S/C49H59N5O7S/c1-3-54(4-2)40-19-20-44(42(33-40)45-32-39(21-22-50-45)49(57)52-43-17-8-14-37-13-5-6-16-41(37)43)53-48(56)38-15-7-11-36(31-38)12-9-23-58-25-27-60-29-30-61-28-26-59-24-10-18-47(55)46-34-62-35-51-46/h5-7,11,13,15-16,19-22,31-35,43H,3-4,8-10,12,14,17-18,23-30H2,1-2H3,(H,52,57)(H,53,56). The third kappa shape index (κ3) is 13.8. The molecule has 6 rings (SSSR count). The molecule has 0 fully saturated rings. The molecule has 328 valence electrons. The number of Topliss-reactive ketones (excluding diaryl/α,β-unsaturated/α-hetero) is 1. The Labute approximate surface area is 369 Å². The minimum absolute atomic E-state index is 0.0419. The van der Waals surface area contributed by atoms with Crippen molar-refractivity contribution in [1.82, 2.24) is 15.3 Å². The summed E-state index contributed by atoms with van der Waals surface area (Å²) < 4.78 is 22.5. The van der Waals surface area contributed by atoms with Gasteiger partial charge in [-0.25, -0.2) is 4.98 Å². The fourth-order valence-corrected chi connectivity index (χ4v) is 8.08. The lowest BCUT2D eigenvalue weighted by Gasteiger charge is -2.26. The van der Waals surface area contributed by atoms with Gasteiger partial charge in [0, 0.05) is 66.7 Å². The number of ether oxygens (including phenoxy) is 4. The number of thiazole rings is 1. The first-order valence-electron chi connectivity index (χ1n) is 21.8. The van der Waals surface area contributed by atoms with E-state index in [-0.39, 0.29) is 23.6 Å². The Morgan fingerprint density at radius 2 is 1.48 bits per heavy atom. The summed E-state index contributed by atoms with van der Waals surface area (Å²) in [4.78, 5) is 50.3. The molecule has 1 aliphatic carbocycles. The van der Waals surface area contributed by atoms with Crippen LogP contribution in [0.25, 0.3) is 11.3 Å². The van der Waals surface area contributed by atoms with E-state index in [0.29, 0.717) is 93.9 Å². The minimum atomic E-state index is -0.227. The molecule has 0 saturated carbocycles. The summed E-state index contributed by atoms with van der Waals surface area (Å²) in [5, 5.41) is 8.18. The van der Waals surface area contributed by atoms with Crippen molar-refractivity contribution in [2.24, 2.45) is 0 Å². The van der Waals surface area contributed by atoms with Crippen molar-refractivity contribution in [1.29, 1.82) is 0 Å². The monoisotopic (exact) mass is 861 g/mol. The molecular weight excluding hydrogens is 803 g/mol. The predicted octanol–water partition coefficient (Wildman–Crippen LogP) is 8.77. The number of hydrogen-bond donors (Lipinski definition) is 2. The Kier molecular flexibility index (Phi) is 18.6. The number of carbonyl (C=O) groups excluding carboxylic acids is 3. The van der Waals surface area contributed by atoms with E-state index < -0.39 is 0 Å². The fourth-order valence-electron chi connectivity index (χ4n) is 7.52. The van der Waals surface area contributed by atoms with Gasteiger partial charge in [-0.2, -0.15) is 0 Å². The summed E-state index contributed by atoms with van der Waals surface area (Å²) in [6.45, 7) is 9.79. The van der Waals surface area contributed by atoms with Crippen LogP contribution >= 0.6 is 11.3 Å². The highest BCUT2D eigenvalue weighted by atomic mass is 32.1. The van der Waals surface area contributed by atoms with Gasteiger partial charge >= 0.3 is 0 Å². The highest BCUT2D eigenvalue weighted by Crippen LogP contribution is 2.33. The molecule has 2 aromatic heterocycles. The molecule has 1 aliphatic rings. The molecule has 0 radical (unpaired) electrons. The summed E-state index contributed by atoms with van der Waals surface area (Å²) in [7, 11) is 0. The number of ketones is 1. The molecule has 5 aromatic rings. The second-order valence-corrected chi connectivity index (χ2v) is 15.8. The Morgan fingerprint density at radius 1 is 0.758 bits per heavy atom. The summed E-state index contributed by atoms with van der Waals surface area (Å²) in [6.07, 6.45) is 7.25. The van der Waals surface area contributed by atoms with Crippen LogP contribution in [0.3, 0.4) is 0 Å². The molecule has 0 spiro atoms. The van der Waals surface area contributed by atoms with E-state index in [4.69, 9.17) is 23.9 Å². The molecule has 0 saturated heterocycles. The predicted molar refractivity (Wildman–Crippen MR) is 244 cm³/mol. The van der Waals surface area contributed by atoms with E-state index in [1.165, 1.54) is 22.5 Å². The Bertz CT molecular complexity index is 2180. The van der Waals surface area contributed by atoms with Crippen LogP contribution in [0.15, 0.2) is 96.0 Å². The molecule has 0 bridgehead atoms. The number of rotatable bonds is 26. The van der Waals surface area contributed by atoms with Crippen molar-refractivity contribution in [2.75, 3.05) is 76.2 Å². The van der Waals surface area contributed by atoms with Crippen LogP contribution in [0.2, 0.25) is 0 Å². The van der Waals surface area contributed by atoms with Gasteiger partial charge < -0.3 is 34.5 Å². The van der Waals surface area contributed by atoms with Crippen molar-refractivity contribution in [2.45, 2.75) is 64.8 Å². The number of carbonyl (C=O) groups is 3. The van der Waals surface area contributed by atoms with E-state index >= 15 is 0 Å². The molecule has 0 aliphatic heterocycles. The third-order valence-corrected chi connectivity index (χ3v) is 11.4. The van der Waals surface area contributed by atoms with Crippen molar-refractivity contribution >= 4 is 40.3 Å². The van der Waals surface area contributed by atoms with Crippen LogP contribution < -0.4 is 15.5 Å². The number of amides is 2. The number of benzene rings is 3. The number of hydrogen-bond acceptors (Lipinski definition) is 11. The molecule has 2 amide bonds. The first-order valence-corrected chi connectivity index (χ1v) is 22.7. The van der Waals surface area contributed by atoms with E-state index in [1.54, 1.807) is 23.2 Å². The normalized spacial score (nSPS) is 13.4. The highest BCUT2D eigenvalue weighted by Gasteiger charge is 2.23. The Balaban J connectivity index is 0.931. The number of nitrogens with zero attached hydrogens (tertiary/aromatic N) is 3. The van der Waals surface area contributed by atoms with Gasteiger partial charge in [-0.15, -0.1) is 11.3 Å². The molecule has 1 unspecified atom stereocenters. The second kappa shape index (κ2) is 25.0. The van der Waals surface area contributed by atoms with Gasteiger partial charge in [0.15, 0.2) is 5.78 Å². The van der Waals surface area contributed by atoms with Crippen LogP contribution in [0.4, 0.5) is 11.4 Å². The first-order chi connectivity index (χ1) is 30.4. The maximum absolute atomic E-state index is 13.8. The summed E-state index contributed by atoms with van der Waals surface area (Å²) in [5.41, 5.74) is 9.73. The molecular formula is C49H59N5O7S. The lowest BCUT2D eigenvalue weighted by molar-refractivity contribution is -0.00222. The molecule has 62 heavy (non-hydrogen) atoms. The fraction of sp³-hybridized carbons (Fsp3) is 0.408. The minimum Gasteiger partial charge on any atom is -0.379 e. The second-order valence-electron chi connectivity index (χ2n) is 15.1. The summed E-state index contributed by atoms with van der Waals surface area (Å²) >= 11 is 1.42. The average Bonchev–Trinajstić information content (AvgIpc) is 3.86. The van der Waals surface area contributed by atoms with Gasteiger partial charge in [0.1, 0.15) is 5.69 Å². The van der Waals surface area contributed by atoms with Crippen LogP contribution in [0.5, 0.6) is 0 Å². The molecule has 2 N–H and O–H groups in total. The zero-order chi connectivity index (χ0) is 43.4. The SMILES string of the molecule is CCN(CC)c1ccc(NC(=O)c2cccc(CCCOCCOCCOCCOCCCC(=O)c3cscn3)c2)c(-c2cc(C(=O)NC3CCCc4ccccc43)ccn2)c1. The molecule has 13 heteroatoms. The number of aryl methyl sites for hydroxylation is 2. The van der Waals surface area contributed by atoms with Gasteiger partial charge in [0.05, 0.1) is 62.6 Å². The van der Waals surface area contributed by atoms with E-state index in [1.807, 2.05) is 54.6 Å². The maximum Gasteiger partial charge on any atom is 0.255 e. The Morgan fingerprint density at radius 3 is 2.23 bits per heavy atom. The van der Waals surface area contributed by atoms with E-state index in [0.717, 1.165) is 62.0 Å². The maximum atomic E-state index is 13.8. The highest BCUT2D eigenvalue weighted by molar-refractivity contribution is 7.07. The van der Waals surface area contributed by atoms with Crippen molar-refractivity contribution in [3.8, 4) is 11.3 Å². The van der Waals surface area contributed by atoms with E-state index in [9.17, 15) is 14.4 Å². The quantitative estimate of drug-likeness (QED) is 0.0410. The molecule has 3 aromatic carbocycles. The third-order valence-electron chi connectivity index (χ3n) is 10.8. The van der Waals surface area contributed by atoms with Gasteiger partial charge in [-0.05, 0) is 112 Å². The van der Waals surface area contributed by atoms with Crippen LogP contribution in [-0.4, -0.2) is 93.5 Å². The number of pyridine rings is 1. The largest absolute Gasteiger partial charge is 0.379 e. The van der Waals surface area contributed by atoms with Crippen molar-refractivity contribution in [3.63, 3.8) is 0 Å². The smallest absolute Gasteiger partial charge is 0.255 e. The average molecular weight is 862 g/mol. The summed E-state index contributed by atoms with van der Waals surface area (Å²) in [6, 6.07) is 25.5. The number of nitrogens with one attached hydrogen (secondary N) is 2. The number of fused-ring (bicyclic) bond motifs is 1. The van der Waals surface area contributed by atoms with Crippen LogP contribution in [0.1, 0.15) is 99.9 Å². The zero-order valence-electron chi connectivity index (χ0n) is 35.9. The first kappa shape index (κ1) is 46.2. The van der Waals surface area contributed by atoms with Crippen molar-refractivity contribution < 1.29 is 33.3 Å². The van der Waals surface area contributed by atoms with Crippen LogP contribution in [-0.2, 0) is 31.8 Å². The van der Waals surface area contributed by atoms with Crippen molar-refractivity contribution in [3.05, 3.63) is 129 Å². The summed E-state index contributed by atoms with van der Waals surface area (Å²) in [5.74, 6) is -0.330. The van der Waals surface area contributed by atoms with Gasteiger partial charge in [-0.1, -0.05) is 36.4 Å². The van der Waals surface area contributed by atoms with Crippen LogP contribution in [0, 0.1) is 0 Å². The lowest BCUT2D eigenvalue weighted by Crippen LogP contribution is -2.31.